The van der Waals surface area contributed by atoms with E-state index in [0.717, 1.165) is 11.1 Å². The van der Waals surface area contributed by atoms with Gasteiger partial charge in [0.15, 0.2) is 0 Å². The number of rotatable bonds is 2. The van der Waals surface area contributed by atoms with Gasteiger partial charge < -0.3 is 5.73 Å². The second-order valence-corrected chi connectivity index (χ2v) is 3.03. The van der Waals surface area contributed by atoms with Gasteiger partial charge in [0.2, 0.25) is 0 Å². The van der Waals surface area contributed by atoms with Crippen molar-refractivity contribution in [3.63, 3.8) is 0 Å². The molecule has 0 aliphatic rings. The molecule has 0 spiro atoms. The topological polar surface area (TPSA) is 69.2 Å². The van der Waals surface area contributed by atoms with E-state index in [-0.39, 0.29) is 10.6 Å². The zero-order valence-corrected chi connectivity index (χ0v) is 7.70. The molecule has 0 radical (unpaired) electrons. The van der Waals surface area contributed by atoms with Gasteiger partial charge in [-0.05, 0) is 31.0 Å². The predicted molar refractivity (Wildman–Crippen MR) is 50.5 cm³/mol. The highest BCUT2D eigenvalue weighted by molar-refractivity contribution is 5.46. The maximum atomic E-state index is 10.6. The van der Waals surface area contributed by atoms with Crippen molar-refractivity contribution >= 4 is 5.69 Å². The minimum atomic E-state index is -0.381. The van der Waals surface area contributed by atoms with E-state index in [2.05, 4.69) is 0 Å². The van der Waals surface area contributed by atoms with Gasteiger partial charge in [0.1, 0.15) is 0 Å². The zero-order valence-electron chi connectivity index (χ0n) is 7.70. The highest BCUT2D eigenvalue weighted by atomic mass is 16.6. The van der Waals surface area contributed by atoms with Crippen molar-refractivity contribution in [3.05, 3.63) is 38.9 Å². The first kappa shape index (κ1) is 9.67. The molecule has 2 N–H and O–H groups in total. The minimum Gasteiger partial charge on any atom is -0.326 e. The Morgan fingerprint density at radius 1 is 1.38 bits per heavy atom. The molecule has 4 heteroatoms. The van der Waals surface area contributed by atoms with E-state index in [1.807, 2.05) is 6.92 Å². The average molecular weight is 180 g/mol. The van der Waals surface area contributed by atoms with Crippen LogP contribution >= 0.6 is 0 Å². The lowest BCUT2D eigenvalue weighted by Crippen LogP contribution is -2.02. The van der Waals surface area contributed by atoms with Crippen LogP contribution in [0.2, 0.25) is 0 Å². The second-order valence-electron chi connectivity index (χ2n) is 3.03. The van der Waals surface area contributed by atoms with Gasteiger partial charge in [0.05, 0.1) is 4.92 Å². The normalized spacial score (nSPS) is 10.1. The van der Waals surface area contributed by atoms with Crippen LogP contribution in [-0.2, 0) is 6.54 Å². The Balaban J connectivity index is 3.30. The number of hydrogen-bond acceptors (Lipinski definition) is 3. The van der Waals surface area contributed by atoms with Crippen LogP contribution in [0, 0.1) is 24.0 Å². The number of nitro benzene ring substituents is 1. The first-order valence-corrected chi connectivity index (χ1v) is 4.01. The molecule has 13 heavy (non-hydrogen) atoms. The van der Waals surface area contributed by atoms with Gasteiger partial charge in [-0.15, -0.1) is 0 Å². The van der Waals surface area contributed by atoms with Crippen molar-refractivity contribution in [2.45, 2.75) is 20.4 Å². The summed E-state index contributed by atoms with van der Waals surface area (Å²) in [6.07, 6.45) is 0. The molecule has 1 aromatic rings. The van der Waals surface area contributed by atoms with Crippen LogP contribution in [0.1, 0.15) is 16.7 Å². The third kappa shape index (κ3) is 1.84. The summed E-state index contributed by atoms with van der Waals surface area (Å²) in [5, 5.41) is 10.6. The molecule has 0 atom stereocenters. The number of aryl methyl sites for hydroxylation is 2. The summed E-state index contributed by atoms with van der Waals surface area (Å²) in [4.78, 5) is 10.2. The number of nitrogens with two attached hydrogens (primary N) is 1. The molecule has 0 unspecified atom stereocenters. The third-order valence-corrected chi connectivity index (χ3v) is 2.07. The molecule has 0 aliphatic heterocycles. The predicted octanol–water partition coefficient (Wildman–Crippen LogP) is 1.67. The van der Waals surface area contributed by atoms with Gasteiger partial charge in [-0.2, -0.15) is 0 Å². The minimum absolute atomic E-state index is 0.144. The average Bonchev–Trinajstić information content (AvgIpc) is 2.03. The summed E-state index contributed by atoms with van der Waals surface area (Å²) < 4.78 is 0. The Bertz CT molecular complexity index is 348. The number of benzene rings is 1. The van der Waals surface area contributed by atoms with Gasteiger partial charge in [0, 0.05) is 18.2 Å². The molecule has 70 valence electrons. The number of hydrogen-bond donors (Lipinski definition) is 1. The Hall–Kier alpha value is -1.42. The number of nitro groups is 1. The summed E-state index contributed by atoms with van der Waals surface area (Å²) in [5.41, 5.74) is 8.11. The van der Waals surface area contributed by atoms with Crippen molar-refractivity contribution in [3.8, 4) is 0 Å². The maximum Gasteiger partial charge on any atom is 0.272 e. The summed E-state index contributed by atoms with van der Waals surface area (Å²) in [6, 6.07) is 3.34. The van der Waals surface area contributed by atoms with E-state index in [1.54, 1.807) is 19.1 Å². The van der Waals surface area contributed by atoms with Gasteiger partial charge in [-0.1, -0.05) is 0 Å². The van der Waals surface area contributed by atoms with Crippen molar-refractivity contribution in [2.75, 3.05) is 0 Å². The monoisotopic (exact) mass is 180 g/mol. The third-order valence-electron chi connectivity index (χ3n) is 2.07. The zero-order chi connectivity index (χ0) is 10.0. The van der Waals surface area contributed by atoms with Gasteiger partial charge >= 0.3 is 0 Å². The smallest absolute Gasteiger partial charge is 0.272 e. The van der Waals surface area contributed by atoms with Crippen molar-refractivity contribution in [1.29, 1.82) is 0 Å². The Morgan fingerprint density at radius 3 is 2.46 bits per heavy atom. The van der Waals surface area contributed by atoms with Gasteiger partial charge in [0.25, 0.3) is 5.69 Å². The van der Waals surface area contributed by atoms with Crippen molar-refractivity contribution < 1.29 is 4.92 Å². The van der Waals surface area contributed by atoms with Crippen LogP contribution in [-0.4, -0.2) is 4.92 Å². The van der Waals surface area contributed by atoms with Crippen LogP contribution in [0.3, 0.4) is 0 Å². The molecule has 0 aliphatic carbocycles. The lowest BCUT2D eigenvalue weighted by atomic mass is 10.0. The van der Waals surface area contributed by atoms with Gasteiger partial charge in [-0.3, -0.25) is 10.1 Å². The van der Waals surface area contributed by atoms with Crippen LogP contribution in [0.25, 0.3) is 0 Å². The van der Waals surface area contributed by atoms with E-state index in [1.165, 1.54) is 0 Å². The highest BCUT2D eigenvalue weighted by Gasteiger charge is 2.12. The molecule has 0 amide bonds. The van der Waals surface area contributed by atoms with Crippen molar-refractivity contribution in [1.82, 2.24) is 0 Å². The fourth-order valence-corrected chi connectivity index (χ4v) is 1.30. The van der Waals surface area contributed by atoms with Crippen molar-refractivity contribution in [2.24, 2.45) is 5.73 Å². The van der Waals surface area contributed by atoms with E-state index in [9.17, 15) is 10.1 Å². The summed E-state index contributed by atoms with van der Waals surface area (Å²) in [7, 11) is 0. The summed E-state index contributed by atoms with van der Waals surface area (Å²) >= 11 is 0. The van der Waals surface area contributed by atoms with E-state index >= 15 is 0 Å². The molecule has 0 bridgehead atoms. The molecule has 0 fully saturated rings. The SMILES string of the molecule is Cc1cc(C)c([N+](=O)[O-])cc1CN. The molecule has 1 aromatic carbocycles. The Kier molecular flexibility index (Phi) is 2.63. The molecule has 0 aromatic heterocycles. The Morgan fingerprint density at radius 2 is 2.00 bits per heavy atom. The molecule has 0 saturated carbocycles. The fraction of sp³-hybridized carbons (Fsp3) is 0.333. The second kappa shape index (κ2) is 3.53. The molecule has 4 nitrogen and oxygen atoms in total. The Labute approximate surface area is 76.5 Å². The fourth-order valence-electron chi connectivity index (χ4n) is 1.30. The molecule has 1 rings (SSSR count). The van der Waals surface area contributed by atoms with Crippen LogP contribution in [0.5, 0.6) is 0 Å². The molecule has 0 saturated heterocycles. The lowest BCUT2D eigenvalue weighted by Gasteiger charge is -2.04. The van der Waals surface area contributed by atoms with E-state index in [0.29, 0.717) is 12.1 Å². The largest absolute Gasteiger partial charge is 0.326 e. The molecule has 0 heterocycles. The standard InChI is InChI=1S/C9H12N2O2/c1-6-3-7(2)9(11(12)13)4-8(6)5-10/h3-4H,5,10H2,1-2H3. The van der Waals surface area contributed by atoms with Crippen LogP contribution in [0.4, 0.5) is 5.69 Å². The maximum absolute atomic E-state index is 10.6. The number of nitrogens with zero attached hydrogens (tertiary/aromatic N) is 1. The first-order chi connectivity index (χ1) is 6.06. The quantitative estimate of drug-likeness (QED) is 0.556. The molecular formula is C9H12N2O2. The van der Waals surface area contributed by atoms with Gasteiger partial charge in [-0.25, -0.2) is 0 Å². The summed E-state index contributed by atoms with van der Waals surface area (Å²) in [6.45, 7) is 3.97. The molecular weight excluding hydrogens is 168 g/mol. The lowest BCUT2D eigenvalue weighted by molar-refractivity contribution is -0.385. The highest BCUT2D eigenvalue weighted by Crippen LogP contribution is 2.22. The van der Waals surface area contributed by atoms with Crippen LogP contribution in [0.15, 0.2) is 12.1 Å². The first-order valence-electron chi connectivity index (χ1n) is 4.01. The summed E-state index contributed by atoms with van der Waals surface area (Å²) in [5.74, 6) is 0. The van der Waals surface area contributed by atoms with E-state index in [4.69, 9.17) is 5.73 Å². The van der Waals surface area contributed by atoms with Crippen LogP contribution < -0.4 is 5.73 Å². The van der Waals surface area contributed by atoms with E-state index < -0.39 is 0 Å².